The summed E-state index contributed by atoms with van der Waals surface area (Å²) in [6.45, 7) is 2.92. The zero-order chi connectivity index (χ0) is 12.3. The van der Waals surface area contributed by atoms with Crippen LogP contribution in [0.5, 0.6) is 0 Å². The molecule has 0 radical (unpaired) electrons. The van der Waals surface area contributed by atoms with Crippen LogP contribution in [0.2, 0.25) is 0 Å². The van der Waals surface area contributed by atoms with Crippen molar-refractivity contribution in [1.29, 1.82) is 0 Å². The molecule has 2 aromatic carbocycles. The number of benzene rings is 2. The van der Waals surface area contributed by atoms with Gasteiger partial charge in [0.2, 0.25) is 0 Å². The lowest BCUT2D eigenvalue weighted by Gasteiger charge is -2.11. The fourth-order valence-electron chi connectivity index (χ4n) is 1.73. The number of aliphatic hydroxyl groups is 1. The van der Waals surface area contributed by atoms with E-state index in [9.17, 15) is 0 Å². The van der Waals surface area contributed by atoms with Crippen LogP contribution in [0.15, 0.2) is 40.9 Å². The number of hydrogen-bond donors (Lipinski definition) is 2. The third kappa shape index (κ3) is 3.28. The Bertz CT molecular complexity index is 513. The second-order valence-corrected chi connectivity index (χ2v) is 5.21. The Morgan fingerprint density at radius 2 is 1.88 bits per heavy atom. The van der Waals surface area contributed by atoms with Gasteiger partial charge in [-0.1, -0.05) is 34.1 Å². The molecule has 0 spiro atoms. The summed E-state index contributed by atoms with van der Waals surface area (Å²) in [7, 11) is 0. The van der Waals surface area contributed by atoms with Crippen molar-refractivity contribution in [2.24, 2.45) is 0 Å². The van der Waals surface area contributed by atoms with E-state index in [1.165, 1.54) is 16.3 Å². The highest BCUT2D eigenvalue weighted by atomic mass is 79.9. The van der Waals surface area contributed by atoms with E-state index in [0.717, 1.165) is 11.0 Å². The summed E-state index contributed by atoms with van der Waals surface area (Å²) in [5, 5.41) is 14.7. The average molecular weight is 294 g/mol. The fourth-order valence-corrected chi connectivity index (χ4v) is 2.11. The molecule has 2 rings (SSSR count). The van der Waals surface area contributed by atoms with Gasteiger partial charge in [-0.25, -0.2) is 0 Å². The van der Waals surface area contributed by atoms with Gasteiger partial charge >= 0.3 is 0 Å². The number of nitrogens with one attached hydrogen (secondary N) is 1. The molecule has 2 aromatic rings. The molecule has 2 N–H and O–H groups in total. The van der Waals surface area contributed by atoms with Crippen molar-refractivity contribution in [3.05, 3.63) is 46.4 Å². The van der Waals surface area contributed by atoms with Gasteiger partial charge in [0.1, 0.15) is 0 Å². The third-order valence-corrected chi connectivity index (χ3v) is 3.29. The maximum absolute atomic E-state index is 8.95. The quantitative estimate of drug-likeness (QED) is 0.908. The van der Waals surface area contributed by atoms with Crippen molar-refractivity contribution >= 4 is 26.7 Å². The molecule has 90 valence electrons. The normalized spacial score (nSPS) is 12.9. The molecule has 1 atom stereocenters. The molecule has 0 amide bonds. The summed E-state index contributed by atoms with van der Waals surface area (Å²) in [6, 6.07) is 12.8. The summed E-state index contributed by atoms with van der Waals surface area (Å²) < 4.78 is 1.10. The van der Waals surface area contributed by atoms with Gasteiger partial charge in [-0.05, 0) is 41.5 Å². The van der Waals surface area contributed by atoms with E-state index in [-0.39, 0.29) is 12.6 Å². The molecule has 0 heterocycles. The van der Waals surface area contributed by atoms with Crippen LogP contribution in [0.25, 0.3) is 10.8 Å². The topological polar surface area (TPSA) is 32.3 Å². The molecule has 0 aliphatic carbocycles. The maximum atomic E-state index is 8.95. The van der Waals surface area contributed by atoms with Gasteiger partial charge in [0, 0.05) is 17.1 Å². The van der Waals surface area contributed by atoms with Crippen molar-refractivity contribution in [2.75, 3.05) is 6.61 Å². The summed E-state index contributed by atoms with van der Waals surface area (Å²) in [4.78, 5) is 0. The number of rotatable bonds is 4. The van der Waals surface area contributed by atoms with Crippen molar-refractivity contribution in [3.63, 3.8) is 0 Å². The minimum atomic E-state index is 0.135. The Balaban J connectivity index is 2.17. The van der Waals surface area contributed by atoms with Gasteiger partial charge < -0.3 is 10.4 Å². The summed E-state index contributed by atoms with van der Waals surface area (Å²) >= 11 is 3.47. The van der Waals surface area contributed by atoms with E-state index in [0.29, 0.717) is 0 Å². The highest BCUT2D eigenvalue weighted by molar-refractivity contribution is 9.10. The summed E-state index contributed by atoms with van der Waals surface area (Å²) in [6.07, 6.45) is 0. The van der Waals surface area contributed by atoms with Crippen LogP contribution in [0.4, 0.5) is 0 Å². The highest BCUT2D eigenvalue weighted by Gasteiger charge is 2.00. The number of halogens is 1. The Hall–Kier alpha value is -0.900. The van der Waals surface area contributed by atoms with Gasteiger partial charge in [0.05, 0.1) is 6.61 Å². The Kier molecular flexibility index (Phi) is 4.15. The van der Waals surface area contributed by atoms with Crippen molar-refractivity contribution < 1.29 is 5.11 Å². The molecule has 0 aliphatic rings. The van der Waals surface area contributed by atoms with E-state index in [2.05, 4.69) is 57.6 Å². The van der Waals surface area contributed by atoms with Crippen LogP contribution in [0.3, 0.4) is 0 Å². The van der Waals surface area contributed by atoms with Crippen LogP contribution in [-0.4, -0.2) is 17.8 Å². The number of aliphatic hydroxyl groups excluding tert-OH is 1. The first-order chi connectivity index (χ1) is 8.19. The molecule has 3 heteroatoms. The lowest BCUT2D eigenvalue weighted by Crippen LogP contribution is -2.28. The van der Waals surface area contributed by atoms with Crippen LogP contribution < -0.4 is 5.32 Å². The monoisotopic (exact) mass is 293 g/mol. The van der Waals surface area contributed by atoms with Crippen LogP contribution in [0.1, 0.15) is 12.5 Å². The molecular formula is C14H16BrNO. The maximum Gasteiger partial charge on any atom is 0.0582 e. The summed E-state index contributed by atoms with van der Waals surface area (Å²) in [5.74, 6) is 0. The largest absolute Gasteiger partial charge is 0.395 e. The zero-order valence-corrected chi connectivity index (χ0v) is 11.4. The average Bonchev–Trinajstić information content (AvgIpc) is 2.35. The van der Waals surface area contributed by atoms with E-state index in [4.69, 9.17) is 5.11 Å². The van der Waals surface area contributed by atoms with Gasteiger partial charge in [0.15, 0.2) is 0 Å². The minimum Gasteiger partial charge on any atom is -0.395 e. The number of fused-ring (bicyclic) bond motifs is 1. The first-order valence-corrected chi connectivity index (χ1v) is 6.51. The molecule has 17 heavy (non-hydrogen) atoms. The standard InChI is InChI=1S/C14H16BrNO/c1-10(9-17)16-8-11-2-3-13-7-14(15)5-4-12(13)6-11/h2-7,10,16-17H,8-9H2,1H3. The Morgan fingerprint density at radius 1 is 1.18 bits per heavy atom. The smallest absolute Gasteiger partial charge is 0.0582 e. The zero-order valence-electron chi connectivity index (χ0n) is 9.78. The van der Waals surface area contributed by atoms with E-state index < -0.39 is 0 Å². The van der Waals surface area contributed by atoms with Gasteiger partial charge in [-0.15, -0.1) is 0 Å². The lowest BCUT2D eigenvalue weighted by molar-refractivity contribution is 0.251. The predicted molar refractivity (Wildman–Crippen MR) is 75.0 cm³/mol. The second kappa shape index (κ2) is 5.63. The molecule has 0 aliphatic heterocycles. The van der Waals surface area contributed by atoms with E-state index in [1.54, 1.807) is 0 Å². The van der Waals surface area contributed by atoms with Gasteiger partial charge in [0.25, 0.3) is 0 Å². The number of hydrogen-bond acceptors (Lipinski definition) is 2. The molecule has 0 bridgehead atoms. The molecule has 1 unspecified atom stereocenters. The second-order valence-electron chi connectivity index (χ2n) is 4.29. The molecular weight excluding hydrogens is 278 g/mol. The molecule has 0 saturated carbocycles. The van der Waals surface area contributed by atoms with Crippen LogP contribution in [-0.2, 0) is 6.54 Å². The SMILES string of the molecule is CC(CO)NCc1ccc2cc(Br)ccc2c1. The molecule has 2 nitrogen and oxygen atoms in total. The van der Waals surface area contributed by atoms with Crippen molar-refractivity contribution in [1.82, 2.24) is 5.32 Å². The van der Waals surface area contributed by atoms with Gasteiger partial charge in [-0.3, -0.25) is 0 Å². The molecule has 0 saturated heterocycles. The molecule has 0 fully saturated rings. The van der Waals surface area contributed by atoms with E-state index >= 15 is 0 Å². The highest BCUT2D eigenvalue weighted by Crippen LogP contribution is 2.20. The first-order valence-electron chi connectivity index (χ1n) is 5.71. The lowest BCUT2D eigenvalue weighted by atomic mass is 10.1. The Morgan fingerprint density at radius 3 is 2.65 bits per heavy atom. The van der Waals surface area contributed by atoms with Gasteiger partial charge in [-0.2, -0.15) is 0 Å². The molecule has 0 aromatic heterocycles. The van der Waals surface area contributed by atoms with Crippen LogP contribution >= 0.6 is 15.9 Å². The van der Waals surface area contributed by atoms with Crippen molar-refractivity contribution in [3.8, 4) is 0 Å². The summed E-state index contributed by atoms with van der Waals surface area (Å²) in [5.41, 5.74) is 1.24. The predicted octanol–water partition coefficient (Wildman–Crippen LogP) is 3.07. The Labute approximate surface area is 110 Å². The third-order valence-electron chi connectivity index (χ3n) is 2.80. The fraction of sp³-hybridized carbons (Fsp3) is 0.286. The van der Waals surface area contributed by atoms with Crippen molar-refractivity contribution in [2.45, 2.75) is 19.5 Å². The minimum absolute atomic E-state index is 0.135. The first kappa shape index (κ1) is 12.6. The van der Waals surface area contributed by atoms with E-state index in [1.807, 2.05) is 6.92 Å². The van der Waals surface area contributed by atoms with Crippen LogP contribution in [0, 0.1) is 0 Å².